The third-order valence-electron chi connectivity index (χ3n) is 7.57. The number of hydrogen-bond donors (Lipinski definition) is 1. The number of carbonyl (C=O) groups excluding carboxylic acids is 1. The Hall–Kier alpha value is -3.11. The van der Waals surface area contributed by atoms with Gasteiger partial charge in [-0.1, -0.05) is 0 Å². The zero-order valence-electron chi connectivity index (χ0n) is 19.7. The van der Waals surface area contributed by atoms with Gasteiger partial charge in [0, 0.05) is 56.0 Å². The molecule has 7 heteroatoms. The highest BCUT2D eigenvalue weighted by atomic mass is 16.5. The third-order valence-corrected chi connectivity index (χ3v) is 7.57. The number of ether oxygens (including phenoxy) is 1. The summed E-state index contributed by atoms with van der Waals surface area (Å²) in [7, 11) is 0. The van der Waals surface area contributed by atoms with Crippen molar-refractivity contribution in [2.24, 2.45) is 5.92 Å². The molecular weight excluding hydrogens is 426 g/mol. The maximum Gasteiger partial charge on any atom is 0.251 e. The Morgan fingerprint density at radius 3 is 2.59 bits per heavy atom. The van der Waals surface area contributed by atoms with Gasteiger partial charge in [-0.3, -0.25) is 9.69 Å². The van der Waals surface area contributed by atoms with Crippen LogP contribution in [-0.2, 0) is 6.42 Å². The highest BCUT2D eigenvalue weighted by Gasteiger charge is 2.26. The molecule has 1 aromatic heterocycles. The van der Waals surface area contributed by atoms with E-state index in [9.17, 15) is 4.79 Å². The molecule has 2 aromatic rings. The molecule has 3 aliphatic rings. The number of benzene rings is 1. The first-order valence-corrected chi connectivity index (χ1v) is 12.6. The summed E-state index contributed by atoms with van der Waals surface area (Å²) in [4.78, 5) is 22.1. The van der Waals surface area contributed by atoms with Crippen LogP contribution in [0.2, 0.25) is 0 Å². The number of rotatable bonds is 6. The lowest BCUT2D eigenvalue weighted by atomic mass is 9.84. The van der Waals surface area contributed by atoms with Crippen LogP contribution in [0.3, 0.4) is 0 Å². The topological polar surface area (TPSA) is 81.5 Å². The Morgan fingerprint density at radius 1 is 1.09 bits per heavy atom. The van der Waals surface area contributed by atoms with E-state index in [1.54, 1.807) is 24.3 Å². The van der Waals surface area contributed by atoms with Crippen molar-refractivity contribution >= 4 is 11.7 Å². The minimum atomic E-state index is -0.0326. The van der Waals surface area contributed by atoms with E-state index in [0.717, 1.165) is 76.1 Å². The van der Waals surface area contributed by atoms with Gasteiger partial charge in [0.1, 0.15) is 0 Å². The van der Waals surface area contributed by atoms with Crippen LogP contribution >= 0.6 is 0 Å². The van der Waals surface area contributed by atoms with Gasteiger partial charge >= 0.3 is 0 Å². The molecule has 7 nitrogen and oxygen atoms in total. The lowest BCUT2D eigenvalue weighted by Gasteiger charge is -2.37. The van der Waals surface area contributed by atoms with Crippen LogP contribution in [0.25, 0.3) is 0 Å². The van der Waals surface area contributed by atoms with Gasteiger partial charge in [-0.15, -0.1) is 0 Å². The maximum atomic E-state index is 12.5. The molecule has 178 valence electrons. The Labute approximate surface area is 201 Å². The molecule has 1 N–H and O–H groups in total. The van der Waals surface area contributed by atoms with E-state index in [4.69, 9.17) is 10.00 Å². The predicted octanol–water partition coefficient (Wildman–Crippen LogP) is 3.39. The summed E-state index contributed by atoms with van der Waals surface area (Å²) in [5, 5.41) is 12.1. The molecule has 0 unspecified atom stereocenters. The minimum absolute atomic E-state index is 0.0326. The summed E-state index contributed by atoms with van der Waals surface area (Å²) < 4.78 is 5.85. The molecule has 0 spiro atoms. The van der Waals surface area contributed by atoms with Crippen molar-refractivity contribution < 1.29 is 9.53 Å². The van der Waals surface area contributed by atoms with Crippen molar-refractivity contribution in [2.75, 3.05) is 44.2 Å². The zero-order chi connectivity index (χ0) is 23.3. The molecule has 0 bridgehead atoms. The first-order chi connectivity index (χ1) is 16.7. The van der Waals surface area contributed by atoms with Crippen molar-refractivity contribution in [3.05, 3.63) is 53.2 Å². The Bertz CT molecular complexity index is 1030. The molecule has 2 aliphatic heterocycles. The van der Waals surface area contributed by atoms with E-state index in [-0.39, 0.29) is 11.9 Å². The Balaban J connectivity index is 1.02. The zero-order valence-corrected chi connectivity index (χ0v) is 19.7. The molecule has 1 aromatic carbocycles. The molecule has 1 saturated carbocycles. The number of hydrogen-bond acceptors (Lipinski definition) is 6. The molecule has 34 heavy (non-hydrogen) atoms. The molecule has 1 saturated heterocycles. The fraction of sp³-hybridized carbons (Fsp3) is 0.519. The first-order valence-electron chi connectivity index (χ1n) is 12.6. The molecule has 0 atom stereocenters. The lowest BCUT2D eigenvalue weighted by molar-refractivity contribution is 0.0919. The number of anilines is 1. The summed E-state index contributed by atoms with van der Waals surface area (Å²) in [5.74, 6) is 2.73. The van der Waals surface area contributed by atoms with Gasteiger partial charge < -0.3 is 15.0 Å². The molecular formula is C27H33N5O2. The smallest absolute Gasteiger partial charge is 0.251 e. The number of aromatic nitrogens is 1. The second kappa shape index (κ2) is 10.4. The highest BCUT2D eigenvalue weighted by molar-refractivity contribution is 5.94. The van der Waals surface area contributed by atoms with Crippen LogP contribution in [0, 0.1) is 17.2 Å². The summed E-state index contributed by atoms with van der Waals surface area (Å²) in [6.45, 7) is 6.07. The third kappa shape index (κ3) is 5.18. The molecule has 5 rings (SSSR count). The number of nitrogens with one attached hydrogen (secondary N) is 1. The van der Waals surface area contributed by atoms with Crippen LogP contribution in [0.4, 0.5) is 5.82 Å². The quantitative estimate of drug-likeness (QED) is 0.713. The van der Waals surface area contributed by atoms with E-state index in [0.29, 0.717) is 11.1 Å². The number of pyridine rings is 1. The van der Waals surface area contributed by atoms with Gasteiger partial charge in [0.2, 0.25) is 0 Å². The average Bonchev–Trinajstić information content (AvgIpc) is 3.38. The summed E-state index contributed by atoms with van der Waals surface area (Å²) >= 11 is 0. The Kier molecular flexibility index (Phi) is 6.96. The normalized spacial score (nSPS) is 22.5. The van der Waals surface area contributed by atoms with Gasteiger partial charge in [0.15, 0.2) is 11.6 Å². The largest absolute Gasteiger partial charge is 0.489 e. The second-order valence-corrected chi connectivity index (χ2v) is 9.72. The minimum Gasteiger partial charge on any atom is -0.489 e. The standard InChI is InChI=1S/C27H33N5O2/c28-19-21-1-5-23(6-2-21)27(33)30-24-7-3-20(4-8-24)10-13-31-14-16-32(17-15-31)26-25-22(9-12-29-26)11-18-34-25/h1-2,5-6,9,12,20,24H,3-4,7-8,10-11,13-18H2,(H,30,33). The van der Waals surface area contributed by atoms with E-state index in [1.807, 2.05) is 6.20 Å². The van der Waals surface area contributed by atoms with Crippen LogP contribution in [0.5, 0.6) is 5.75 Å². The number of nitriles is 1. The number of nitrogens with zero attached hydrogens (tertiary/aromatic N) is 4. The predicted molar refractivity (Wildman–Crippen MR) is 131 cm³/mol. The Morgan fingerprint density at radius 2 is 1.85 bits per heavy atom. The van der Waals surface area contributed by atoms with E-state index in [2.05, 4.69) is 32.2 Å². The number of carbonyl (C=O) groups is 1. The van der Waals surface area contributed by atoms with Gasteiger partial charge in [-0.2, -0.15) is 5.26 Å². The fourth-order valence-corrected chi connectivity index (χ4v) is 5.43. The van der Waals surface area contributed by atoms with Crippen molar-refractivity contribution in [3.8, 4) is 11.8 Å². The van der Waals surface area contributed by atoms with Crippen LogP contribution in [0.15, 0.2) is 36.5 Å². The number of amides is 1. The number of fused-ring (bicyclic) bond motifs is 1. The maximum absolute atomic E-state index is 12.5. The second-order valence-electron chi connectivity index (χ2n) is 9.72. The fourth-order valence-electron chi connectivity index (χ4n) is 5.43. The SMILES string of the molecule is N#Cc1ccc(C(=O)NC2CCC(CCN3CCN(c4nccc5c4OCC5)CC3)CC2)cc1. The number of piperazine rings is 1. The molecule has 0 radical (unpaired) electrons. The molecule has 1 amide bonds. The van der Waals surface area contributed by atoms with Crippen molar-refractivity contribution in [3.63, 3.8) is 0 Å². The first kappa shape index (κ1) is 22.7. The van der Waals surface area contributed by atoms with Gasteiger partial charge in [0.05, 0.1) is 18.2 Å². The highest BCUT2D eigenvalue weighted by Crippen LogP contribution is 2.34. The molecule has 3 heterocycles. The molecule has 2 fully saturated rings. The van der Waals surface area contributed by atoms with Crippen LogP contribution in [-0.4, -0.2) is 61.2 Å². The molecule has 1 aliphatic carbocycles. The van der Waals surface area contributed by atoms with E-state index < -0.39 is 0 Å². The van der Waals surface area contributed by atoms with E-state index in [1.165, 1.54) is 24.8 Å². The van der Waals surface area contributed by atoms with Gasteiger partial charge in [-0.05, 0) is 74.9 Å². The van der Waals surface area contributed by atoms with Crippen LogP contribution in [0.1, 0.15) is 53.6 Å². The van der Waals surface area contributed by atoms with Gasteiger partial charge in [0.25, 0.3) is 5.91 Å². The summed E-state index contributed by atoms with van der Waals surface area (Å²) in [6.07, 6.45) is 8.59. The average molecular weight is 460 g/mol. The monoisotopic (exact) mass is 459 g/mol. The van der Waals surface area contributed by atoms with Crippen molar-refractivity contribution in [1.29, 1.82) is 5.26 Å². The van der Waals surface area contributed by atoms with Crippen molar-refractivity contribution in [2.45, 2.75) is 44.6 Å². The van der Waals surface area contributed by atoms with Crippen molar-refractivity contribution in [1.82, 2.24) is 15.2 Å². The van der Waals surface area contributed by atoms with Gasteiger partial charge in [-0.25, -0.2) is 4.98 Å². The van der Waals surface area contributed by atoms with Crippen LogP contribution < -0.4 is 15.0 Å². The summed E-state index contributed by atoms with van der Waals surface area (Å²) in [6, 6.07) is 11.3. The van der Waals surface area contributed by atoms with E-state index >= 15 is 0 Å². The lowest BCUT2D eigenvalue weighted by Crippen LogP contribution is -2.47. The summed E-state index contributed by atoms with van der Waals surface area (Å²) in [5.41, 5.74) is 2.49.